The van der Waals surface area contributed by atoms with Gasteiger partial charge in [0, 0.05) is 44.5 Å². The van der Waals surface area contributed by atoms with Gasteiger partial charge >= 0.3 is 6.03 Å². The lowest BCUT2D eigenvalue weighted by Crippen LogP contribution is -2.49. The molecule has 0 bridgehead atoms. The van der Waals surface area contributed by atoms with Crippen molar-refractivity contribution in [2.45, 2.75) is 13.2 Å². The van der Waals surface area contributed by atoms with Crippen LogP contribution in [0, 0.1) is 5.82 Å². The molecule has 31 heavy (non-hydrogen) atoms. The van der Waals surface area contributed by atoms with E-state index in [0.29, 0.717) is 24.3 Å². The van der Waals surface area contributed by atoms with E-state index in [1.807, 2.05) is 29.2 Å². The monoisotopic (exact) mass is 420 g/mol. The summed E-state index contributed by atoms with van der Waals surface area (Å²) in [5.41, 5.74) is 2.36. The van der Waals surface area contributed by atoms with Gasteiger partial charge in [0.05, 0.1) is 11.9 Å². The molecule has 1 fully saturated rings. The molecule has 0 radical (unpaired) electrons. The molecule has 0 aliphatic carbocycles. The Morgan fingerprint density at radius 2 is 1.87 bits per heavy atom. The van der Waals surface area contributed by atoms with Crippen molar-refractivity contribution in [3.63, 3.8) is 0 Å². The molecule has 1 aliphatic rings. The third-order valence-electron chi connectivity index (χ3n) is 5.23. The Bertz CT molecular complexity index is 1010. The Labute approximate surface area is 181 Å². The predicted molar refractivity (Wildman–Crippen MR) is 117 cm³/mol. The molecule has 6 nitrogen and oxygen atoms in total. The van der Waals surface area contributed by atoms with Crippen LogP contribution < -0.4 is 10.1 Å². The SMILES string of the molecule is O=C(Nc1cccnc1)N1CCN(Cc2cccc(OCc3ccccc3F)c2)CC1. The van der Waals surface area contributed by atoms with Gasteiger partial charge in [-0.1, -0.05) is 30.3 Å². The van der Waals surface area contributed by atoms with Crippen molar-refractivity contribution >= 4 is 11.7 Å². The maximum absolute atomic E-state index is 13.8. The minimum absolute atomic E-state index is 0.101. The van der Waals surface area contributed by atoms with E-state index in [2.05, 4.69) is 21.3 Å². The standard InChI is InChI=1S/C24H25FN4O2/c25-23-9-2-1-6-20(23)18-31-22-8-3-5-19(15-22)17-28-11-13-29(14-12-28)24(30)27-21-7-4-10-26-16-21/h1-10,15-16H,11-14,17-18H2,(H,27,30). The summed E-state index contributed by atoms with van der Waals surface area (Å²) in [7, 11) is 0. The smallest absolute Gasteiger partial charge is 0.321 e. The van der Waals surface area contributed by atoms with Crippen LogP contribution in [-0.4, -0.2) is 47.0 Å². The number of carbonyl (C=O) groups excluding carboxylic acids is 1. The number of nitrogens with one attached hydrogen (secondary N) is 1. The fraction of sp³-hybridized carbons (Fsp3) is 0.250. The molecule has 0 unspecified atom stereocenters. The molecule has 0 spiro atoms. The number of carbonyl (C=O) groups is 1. The van der Waals surface area contributed by atoms with Crippen molar-refractivity contribution in [3.8, 4) is 5.75 Å². The number of anilines is 1. The van der Waals surface area contributed by atoms with Crippen LogP contribution in [-0.2, 0) is 13.2 Å². The number of amides is 2. The van der Waals surface area contributed by atoms with E-state index in [1.165, 1.54) is 6.07 Å². The van der Waals surface area contributed by atoms with Gasteiger partial charge < -0.3 is 15.0 Å². The zero-order valence-electron chi connectivity index (χ0n) is 17.2. The van der Waals surface area contributed by atoms with Gasteiger partial charge in [-0.2, -0.15) is 0 Å². The average Bonchev–Trinajstić information content (AvgIpc) is 2.80. The van der Waals surface area contributed by atoms with Crippen molar-refractivity contribution in [3.05, 3.63) is 90.0 Å². The highest BCUT2D eigenvalue weighted by Gasteiger charge is 2.21. The number of piperazine rings is 1. The van der Waals surface area contributed by atoms with Crippen molar-refractivity contribution in [2.75, 3.05) is 31.5 Å². The van der Waals surface area contributed by atoms with Crippen molar-refractivity contribution in [1.82, 2.24) is 14.8 Å². The quantitative estimate of drug-likeness (QED) is 0.651. The minimum atomic E-state index is -0.260. The molecule has 2 heterocycles. The molecular weight excluding hydrogens is 395 g/mol. The number of benzene rings is 2. The third-order valence-corrected chi connectivity index (χ3v) is 5.23. The summed E-state index contributed by atoms with van der Waals surface area (Å²) in [6, 6.07) is 18.0. The Balaban J connectivity index is 1.26. The van der Waals surface area contributed by atoms with Gasteiger partial charge in [0.25, 0.3) is 0 Å². The normalized spacial score (nSPS) is 14.3. The van der Waals surface area contributed by atoms with Crippen LogP contribution in [0.4, 0.5) is 14.9 Å². The molecule has 0 saturated carbocycles. The molecule has 4 rings (SSSR count). The van der Waals surface area contributed by atoms with Crippen LogP contribution in [0.3, 0.4) is 0 Å². The summed E-state index contributed by atoms with van der Waals surface area (Å²) in [4.78, 5) is 20.6. The van der Waals surface area contributed by atoms with Gasteiger partial charge in [-0.15, -0.1) is 0 Å². The molecular formula is C24H25FN4O2. The molecule has 1 N–H and O–H groups in total. The number of rotatable bonds is 6. The van der Waals surface area contributed by atoms with Crippen LogP contribution in [0.1, 0.15) is 11.1 Å². The summed E-state index contributed by atoms with van der Waals surface area (Å²) in [6.07, 6.45) is 3.31. The first kappa shape index (κ1) is 20.8. The number of aromatic nitrogens is 1. The number of hydrogen-bond donors (Lipinski definition) is 1. The van der Waals surface area contributed by atoms with Crippen molar-refractivity contribution in [2.24, 2.45) is 0 Å². The fourth-order valence-electron chi connectivity index (χ4n) is 3.52. The zero-order valence-corrected chi connectivity index (χ0v) is 17.2. The van der Waals surface area contributed by atoms with Crippen molar-refractivity contribution < 1.29 is 13.9 Å². The number of ether oxygens (including phenoxy) is 1. The lowest BCUT2D eigenvalue weighted by atomic mass is 10.2. The molecule has 7 heteroatoms. The molecule has 1 aliphatic heterocycles. The molecule has 2 aromatic carbocycles. The second-order valence-electron chi connectivity index (χ2n) is 7.46. The lowest BCUT2D eigenvalue weighted by molar-refractivity contribution is 0.143. The van der Waals surface area contributed by atoms with E-state index in [9.17, 15) is 9.18 Å². The van der Waals surface area contributed by atoms with Gasteiger partial charge in [-0.3, -0.25) is 9.88 Å². The van der Waals surface area contributed by atoms with Gasteiger partial charge in [0.15, 0.2) is 0 Å². The summed E-state index contributed by atoms with van der Waals surface area (Å²) in [5.74, 6) is 0.458. The first-order valence-electron chi connectivity index (χ1n) is 10.3. The maximum Gasteiger partial charge on any atom is 0.321 e. The number of halogens is 1. The molecule has 2 amide bonds. The summed E-state index contributed by atoms with van der Waals surface area (Å²) >= 11 is 0. The predicted octanol–water partition coefficient (Wildman–Crippen LogP) is 4.15. The van der Waals surface area contributed by atoms with Gasteiger partial charge in [0.1, 0.15) is 18.2 Å². The molecule has 1 aromatic heterocycles. The molecule has 160 valence electrons. The lowest BCUT2D eigenvalue weighted by Gasteiger charge is -2.34. The van der Waals surface area contributed by atoms with Crippen LogP contribution in [0.5, 0.6) is 5.75 Å². The van der Waals surface area contributed by atoms with Gasteiger partial charge in [0.2, 0.25) is 0 Å². The first-order chi connectivity index (χ1) is 15.2. The Morgan fingerprint density at radius 1 is 1.03 bits per heavy atom. The van der Waals surface area contributed by atoms with Crippen LogP contribution >= 0.6 is 0 Å². The zero-order chi connectivity index (χ0) is 21.5. The minimum Gasteiger partial charge on any atom is -0.489 e. The van der Waals surface area contributed by atoms with E-state index in [4.69, 9.17) is 4.74 Å². The number of nitrogens with zero attached hydrogens (tertiary/aromatic N) is 3. The molecule has 0 atom stereocenters. The van der Waals surface area contributed by atoms with Crippen molar-refractivity contribution in [1.29, 1.82) is 0 Å². The second-order valence-corrected chi connectivity index (χ2v) is 7.46. The first-order valence-corrected chi connectivity index (χ1v) is 10.3. The van der Waals surface area contributed by atoms with E-state index in [0.717, 1.165) is 30.9 Å². The highest BCUT2D eigenvalue weighted by molar-refractivity contribution is 5.89. The Kier molecular flexibility index (Phi) is 6.74. The topological polar surface area (TPSA) is 57.7 Å². The Hall–Kier alpha value is -3.45. The maximum atomic E-state index is 13.8. The van der Waals surface area contributed by atoms with E-state index < -0.39 is 0 Å². The largest absolute Gasteiger partial charge is 0.489 e. The van der Waals surface area contributed by atoms with E-state index in [-0.39, 0.29) is 18.5 Å². The fourth-order valence-corrected chi connectivity index (χ4v) is 3.52. The highest BCUT2D eigenvalue weighted by atomic mass is 19.1. The van der Waals surface area contributed by atoms with Gasteiger partial charge in [-0.25, -0.2) is 9.18 Å². The Morgan fingerprint density at radius 3 is 2.65 bits per heavy atom. The molecule has 3 aromatic rings. The number of pyridine rings is 1. The van der Waals surface area contributed by atoms with E-state index in [1.54, 1.807) is 36.7 Å². The number of urea groups is 1. The highest BCUT2D eigenvalue weighted by Crippen LogP contribution is 2.18. The third kappa shape index (κ3) is 5.79. The summed E-state index contributed by atoms with van der Waals surface area (Å²) in [5, 5.41) is 2.88. The second kappa shape index (κ2) is 10.0. The van der Waals surface area contributed by atoms with E-state index >= 15 is 0 Å². The summed E-state index contributed by atoms with van der Waals surface area (Å²) in [6.45, 7) is 3.88. The van der Waals surface area contributed by atoms with Crippen LogP contribution in [0.2, 0.25) is 0 Å². The average molecular weight is 420 g/mol. The molecule has 1 saturated heterocycles. The van der Waals surface area contributed by atoms with Crippen LogP contribution in [0.25, 0.3) is 0 Å². The van der Waals surface area contributed by atoms with Crippen LogP contribution in [0.15, 0.2) is 73.1 Å². The summed E-state index contributed by atoms with van der Waals surface area (Å²) < 4.78 is 19.6. The van der Waals surface area contributed by atoms with Gasteiger partial charge in [-0.05, 0) is 35.9 Å². The number of hydrogen-bond acceptors (Lipinski definition) is 4.